The molecule has 0 aliphatic carbocycles. The SMILES string of the molecule is O=C(O[C@]12CC[C@@H](C[C@@H](Oc3ccc(F)cc3)C1)N2)C(F)(F)F. The van der Waals surface area contributed by atoms with Gasteiger partial charge in [0.15, 0.2) is 5.72 Å². The van der Waals surface area contributed by atoms with Gasteiger partial charge in [-0.2, -0.15) is 13.2 Å². The Kier molecular flexibility index (Phi) is 3.95. The summed E-state index contributed by atoms with van der Waals surface area (Å²) < 4.78 is 60.6. The molecule has 0 spiro atoms. The number of rotatable bonds is 3. The fourth-order valence-electron chi connectivity index (χ4n) is 3.18. The van der Waals surface area contributed by atoms with Crippen LogP contribution in [0.4, 0.5) is 17.6 Å². The molecule has 1 N–H and O–H groups in total. The molecule has 2 fully saturated rings. The highest BCUT2D eigenvalue weighted by atomic mass is 19.4. The summed E-state index contributed by atoms with van der Waals surface area (Å²) in [5.74, 6) is -2.18. The van der Waals surface area contributed by atoms with Gasteiger partial charge in [0.1, 0.15) is 17.7 Å². The molecule has 126 valence electrons. The normalized spacial score (nSPS) is 30.1. The number of hydrogen-bond acceptors (Lipinski definition) is 4. The van der Waals surface area contributed by atoms with Crippen LogP contribution in [-0.4, -0.2) is 30.0 Å². The van der Waals surface area contributed by atoms with Gasteiger partial charge in [0, 0.05) is 18.9 Å². The van der Waals surface area contributed by atoms with Gasteiger partial charge < -0.3 is 9.47 Å². The Hall–Kier alpha value is -1.83. The van der Waals surface area contributed by atoms with E-state index in [1.807, 2.05) is 0 Å². The van der Waals surface area contributed by atoms with Crippen LogP contribution in [-0.2, 0) is 9.53 Å². The Morgan fingerprint density at radius 1 is 1.26 bits per heavy atom. The number of carbonyl (C=O) groups is 1. The highest BCUT2D eigenvalue weighted by Crippen LogP contribution is 2.39. The third-order valence-corrected chi connectivity index (χ3v) is 4.10. The van der Waals surface area contributed by atoms with Gasteiger partial charge in [-0.25, -0.2) is 9.18 Å². The molecule has 1 aromatic rings. The number of alkyl halides is 3. The van der Waals surface area contributed by atoms with Crippen LogP contribution < -0.4 is 10.1 Å². The zero-order valence-corrected chi connectivity index (χ0v) is 12.0. The average molecular weight is 333 g/mol. The predicted octanol–water partition coefficient (Wildman–Crippen LogP) is 2.92. The maximum absolute atomic E-state index is 12.9. The number of halogens is 4. The summed E-state index contributed by atoms with van der Waals surface area (Å²) in [4.78, 5) is 11.1. The Bertz CT molecular complexity index is 589. The standard InChI is InChI=1S/C15H15F4NO3/c16-9-1-3-11(4-2-9)22-12-7-10-5-6-14(8-12,20-10)23-13(21)15(17,18)19/h1-4,10,12,20H,5-8H2/t10-,12+,14+/m0/s1. The summed E-state index contributed by atoms with van der Waals surface area (Å²) in [5.41, 5.74) is -1.35. The van der Waals surface area contributed by atoms with Crippen molar-refractivity contribution in [3.8, 4) is 5.75 Å². The van der Waals surface area contributed by atoms with Gasteiger partial charge in [0.2, 0.25) is 0 Å². The number of nitrogens with one attached hydrogen (secondary N) is 1. The number of benzene rings is 1. The summed E-state index contributed by atoms with van der Waals surface area (Å²) in [6, 6.07) is 5.31. The van der Waals surface area contributed by atoms with Crippen molar-refractivity contribution < 1.29 is 31.8 Å². The van der Waals surface area contributed by atoms with E-state index in [2.05, 4.69) is 5.32 Å². The summed E-state index contributed by atoms with van der Waals surface area (Å²) in [6.07, 6.45) is -3.82. The van der Waals surface area contributed by atoms with E-state index in [0.29, 0.717) is 25.0 Å². The van der Waals surface area contributed by atoms with Gasteiger partial charge in [-0.3, -0.25) is 5.32 Å². The maximum atomic E-state index is 12.9. The summed E-state index contributed by atoms with van der Waals surface area (Å²) >= 11 is 0. The van der Waals surface area contributed by atoms with Crippen molar-refractivity contribution in [3.63, 3.8) is 0 Å². The number of esters is 1. The van der Waals surface area contributed by atoms with E-state index >= 15 is 0 Å². The Morgan fingerprint density at radius 2 is 1.96 bits per heavy atom. The zero-order chi connectivity index (χ0) is 16.7. The highest BCUT2D eigenvalue weighted by molar-refractivity contribution is 5.76. The second kappa shape index (κ2) is 5.67. The number of hydrogen-bond donors (Lipinski definition) is 1. The van der Waals surface area contributed by atoms with Crippen molar-refractivity contribution in [1.29, 1.82) is 0 Å². The predicted molar refractivity (Wildman–Crippen MR) is 71.1 cm³/mol. The van der Waals surface area contributed by atoms with Crippen LogP contribution in [0.15, 0.2) is 24.3 Å². The van der Waals surface area contributed by atoms with Crippen LogP contribution in [0.1, 0.15) is 25.7 Å². The number of carbonyl (C=O) groups excluding carboxylic acids is 1. The molecule has 0 amide bonds. The van der Waals surface area contributed by atoms with Gasteiger partial charge >= 0.3 is 12.1 Å². The van der Waals surface area contributed by atoms with Crippen LogP contribution in [0, 0.1) is 5.82 Å². The number of piperidine rings is 1. The lowest BCUT2D eigenvalue weighted by molar-refractivity contribution is -0.219. The topological polar surface area (TPSA) is 47.6 Å². The van der Waals surface area contributed by atoms with Crippen molar-refractivity contribution in [2.45, 2.75) is 49.7 Å². The lowest BCUT2D eigenvalue weighted by atomic mass is 9.99. The molecule has 0 aromatic heterocycles. The quantitative estimate of drug-likeness (QED) is 0.682. The largest absolute Gasteiger partial charge is 0.490 e. The van der Waals surface area contributed by atoms with Gasteiger partial charge in [0.25, 0.3) is 0 Å². The fourth-order valence-corrected chi connectivity index (χ4v) is 3.18. The van der Waals surface area contributed by atoms with Crippen molar-refractivity contribution in [3.05, 3.63) is 30.1 Å². The first-order chi connectivity index (χ1) is 10.8. The molecule has 2 aliphatic rings. The van der Waals surface area contributed by atoms with E-state index in [1.54, 1.807) is 0 Å². The van der Waals surface area contributed by atoms with Crippen LogP contribution in [0.25, 0.3) is 0 Å². The van der Waals surface area contributed by atoms with Crippen LogP contribution in [0.2, 0.25) is 0 Å². The first-order valence-electron chi connectivity index (χ1n) is 7.26. The number of fused-ring (bicyclic) bond motifs is 2. The Balaban J connectivity index is 1.69. The lowest BCUT2D eigenvalue weighted by Gasteiger charge is -2.38. The molecule has 0 unspecified atom stereocenters. The van der Waals surface area contributed by atoms with Gasteiger partial charge in [0.05, 0.1) is 0 Å². The van der Waals surface area contributed by atoms with Gasteiger partial charge in [-0.1, -0.05) is 0 Å². The molecule has 2 bridgehead atoms. The van der Waals surface area contributed by atoms with E-state index in [-0.39, 0.29) is 12.5 Å². The zero-order valence-electron chi connectivity index (χ0n) is 12.0. The summed E-state index contributed by atoms with van der Waals surface area (Å²) in [6.45, 7) is 0. The molecule has 4 nitrogen and oxygen atoms in total. The van der Waals surface area contributed by atoms with Crippen LogP contribution in [0.3, 0.4) is 0 Å². The van der Waals surface area contributed by atoms with E-state index < -0.39 is 29.8 Å². The minimum absolute atomic E-state index is 0.0739. The smallest absolute Gasteiger partial charge is 0.490 e. The molecule has 8 heteroatoms. The van der Waals surface area contributed by atoms with Crippen molar-refractivity contribution >= 4 is 5.97 Å². The second-order valence-electron chi connectivity index (χ2n) is 5.90. The second-order valence-corrected chi connectivity index (χ2v) is 5.90. The van der Waals surface area contributed by atoms with Crippen molar-refractivity contribution in [2.75, 3.05) is 0 Å². The molecule has 3 atom stereocenters. The minimum Gasteiger partial charge on any atom is -0.490 e. The molecule has 0 saturated carbocycles. The molecule has 0 radical (unpaired) electrons. The first kappa shape index (κ1) is 16.0. The van der Waals surface area contributed by atoms with Gasteiger partial charge in [-0.05, 0) is 37.1 Å². The summed E-state index contributed by atoms with van der Waals surface area (Å²) in [5, 5.41) is 2.95. The van der Waals surface area contributed by atoms with E-state index in [0.717, 1.165) is 0 Å². The molecule has 23 heavy (non-hydrogen) atoms. The third kappa shape index (κ3) is 3.57. The summed E-state index contributed by atoms with van der Waals surface area (Å²) in [7, 11) is 0. The molecule has 2 saturated heterocycles. The average Bonchev–Trinajstić information content (AvgIpc) is 2.75. The number of ether oxygens (including phenoxy) is 2. The molecular weight excluding hydrogens is 318 g/mol. The Labute approximate surface area is 129 Å². The lowest BCUT2D eigenvalue weighted by Crippen LogP contribution is -2.56. The van der Waals surface area contributed by atoms with Crippen molar-refractivity contribution in [1.82, 2.24) is 5.32 Å². The molecule has 1 aromatic carbocycles. The molecular formula is C15H15F4NO3. The van der Waals surface area contributed by atoms with E-state index in [4.69, 9.17) is 9.47 Å². The maximum Gasteiger partial charge on any atom is 0.490 e. The molecule has 2 aliphatic heterocycles. The minimum atomic E-state index is -5.03. The first-order valence-corrected chi connectivity index (χ1v) is 7.26. The van der Waals surface area contributed by atoms with Crippen molar-refractivity contribution in [2.24, 2.45) is 0 Å². The molecule has 3 rings (SSSR count). The van der Waals surface area contributed by atoms with E-state index in [9.17, 15) is 22.4 Å². The third-order valence-electron chi connectivity index (χ3n) is 4.10. The van der Waals surface area contributed by atoms with Crippen LogP contribution in [0.5, 0.6) is 5.75 Å². The Morgan fingerprint density at radius 3 is 2.61 bits per heavy atom. The van der Waals surface area contributed by atoms with E-state index in [1.165, 1.54) is 24.3 Å². The fraction of sp³-hybridized carbons (Fsp3) is 0.533. The highest BCUT2D eigenvalue weighted by Gasteiger charge is 2.53. The van der Waals surface area contributed by atoms with Gasteiger partial charge in [-0.15, -0.1) is 0 Å². The van der Waals surface area contributed by atoms with Crippen LogP contribution >= 0.6 is 0 Å². The molecule has 2 heterocycles. The monoisotopic (exact) mass is 333 g/mol.